The minimum atomic E-state index is -0.346. The normalized spacial score (nSPS) is 10.7. The molecule has 0 atom stereocenters. The van der Waals surface area contributed by atoms with E-state index in [0.717, 1.165) is 42.6 Å². The number of hydrogen-bond acceptors (Lipinski definition) is 4. The second-order valence-corrected chi connectivity index (χ2v) is 6.81. The van der Waals surface area contributed by atoms with Gasteiger partial charge in [-0.25, -0.2) is 4.79 Å². The second kappa shape index (κ2) is 10.5. The van der Waals surface area contributed by atoms with Crippen LogP contribution in [0.1, 0.15) is 36.0 Å². The van der Waals surface area contributed by atoms with Gasteiger partial charge in [-0.1, -0.05) is 30.7 Å². The highest BCUT2D eigenvalue weighted by molar-refractivity contribution is 5.91. The molecule has 0 fully saturated rings. The molecule has 144 valence electrons. The third kappa shape index (κ3) is 6.87. The largest absolute Gasteiger partial charge is 0.465 e. The molecule has 0 heterocycles. The van der Waals surface area contributed by atoms with Crippen molar-refractivity contribution in [3.8, 4) is 11.1 Å². The number of rotatable bonds is 9. The van der Waals surface area contributed by atoms with Crippen LogP contribution in [0.5, 0.6) is 0 Å². The molecule has 0 unspecified atom stereocenters. The van der Waals surface area contributed by atoms with Gasteiger partial charge in [0.05, 0.1) is 12.7 Å². The lowest BCUT2D eigenvalue weighted by atomic mass is 10.0. The molecule has 2 rings (SSSR count). The molecule has 5 nitrogen and oxygen atoms in total. The predicted molar refractivity (Wildman–Crippen MR) is 109 cm³/mol. The fourth-order valence-corrected chi connectivity index (χ4v) is 2.78. The summed E-state index contributed by atoms with van der Waals surface area (Å²) in [6.45, 7) is 1.06. The van der Waals surface area contributed by atoms with Crippen LogP contribution < -0.4 is 5.32 Å². The first kappa shape index (κ1) is 20.6. The van der Waals surface area contributed by atoms with Crippen LogP contribution in [0.4, 0.5) is 5.69 Å². The first-order valence-corrected chi connectivity index (χ1v) is 9.23. The van der Waals surface area contributed by atoms with Crippen molar-refractivity contribution in [2.45, 2.75) is 25.7 Å². The fourth-order valence-electron chi connectivity index (χ4n) is 2.78. The molecule has 0 aliphatic carbocycles. The van der Waals surface area contributed by atoms with Crippen LogP contribution in [0, 0.1) is 0 Å². The maximum absolute atomic E-state index is 12.0. The minimum absolute atomic E-state index is 0.0510. The molecule has 0 bridgehead atoms. The average Bonchev–Trinajstić information content (AvgIpc) is 2.67. The molecular weight excluding hydrogens is 340 g/mol. The Morgan fingerprint density at radius 3 is 2.04 bits per heavy atom. The van der Waals surface area contributed by atoms with Gasteiger partial charge in [-0.05, 0) is 68.9 Å². The molecule has 0 aromatic heterocycles. The van der Waals surface area contributed by atoms with Gasteiger partial charge in [-0.2, -0.15) is 0 Å². The molecule has 0 aliphatic rings. The van der Waals surface area contributed by atoms with Crippen molar-refractivity contribution < 1.29 is 14.3 Å². The number of hydrogen-bond donors (Lipinski definition) is 1. The summed E-state index contributed by atoms with van der Waals surface area (Å²) >= 11 is 0. The summed E-state index contributed by atoms with van der Waals surface area (Å²) < 4.78 is 4.71. The molecule has 2 aromatic rings. The highest BCUT2D eigenvalue weighted by Crippen LogP contribution is 2.22. The van der Waals surface area contributed by atoms with E-state index in [1.807, 2.05) is 36.4 Å². The Balaban J connectivity index is 1.84. The van der Waals surface area contributed by atoms with E-state index < -0.39 is 0 Å². The Hall–Kier alpha value is -2.66. The van der Waals surface area contributed by atoms with Gasteiger partial charge >= 0.3 is 5.97 Å². The average molecular weight is 368 g/mol. The van der Waals surface area contributed by atoms with Crippen LogP contribution in [0.25, 0.3) is 11.1 Å². The van der Waals surface area contributed by atoms with E-state index in [1.54, 1.807) is 12.1 Å². The number of esters is 1. The molecule has 2 aromatic carbocycles. The van der Waals surface area contributed by atoms with Crippen LogP contribution in [-0.2, 0) is 9.53 Å². The van der Waals surface area contributed by atoms with E-state index in [1.165, 1.54) is 7.11 Å². The third-order valence-corrected chi connectivity index (χ3v) is 4.32. The number of amides is 1. The Morgan fingerprint density at radius 2 is 1.48 bits per heavy atom. The molecule has 0 aliphatic heterocycles. The molecule has 0 radical (unpaired) electrons. The van der Waals surface area contributed by atoms with E-state index in [4.69, 9.17) is 4.74 Å². The zero-order chi connectivity index (χ0) is 19.6. The topological polar surface area (TPSA) is 58.6 Å². The summed E-state index contributed by atoms with van der Waals surface area (Å²) in [7, 11) is 5.49. The van der Waals surface area contributed by atoms with E-state index in [2.05, 4.69) is 24.3 Å². The highest BCUT2D eigenvalue weighted by atomic mass is 16.5. The maximum atomic E-state index is 12.0. The van der Waals surface area contributed by atoms with Crippen molar-refractivity contribution in [2.75, 3.05) is 33.1 Å². The van der Waals surface area contributed by atoms with Crippen molar-refractivity contribution in [3.63, 3.8) is 0 Å². The lowest BCUT2D eigenvalue weighted by Gasteiger charge is -2.09. The lowest BCUT2D eigenvalue weighted by molar-refractivity contribution is -0.116. The zero-order valence-electron chi connectivity index (χ0n) is 16.3. The Morgan fingerprint density at radius 1 is 0.889 bits per heavy atom. The summed E-state index contributed by atoms with van der Waals surface area (Å²) in [6.07, 6.45) is 3.63. The predicted octanol–water partition coefficient (Wildman–Crippen LogP) is 4.20. The number of nitrogens with zero attached hydrogens (tertiary/aromatic N) is 1. The van der Waals surface area contributed by atoms with Crippen molar-refractivity contribution in [2.24, 2.45) is 0 Å². The molecule has 5 heteroatoms. The van der Waals surface area contributed by atoms with Crippen LogP contribution in [0.15, 0.2) is 48.5 Å². The Kier molecular flexibility index (Phi) is 8.01. The quantitative estimate of drug-likeness (QED) is 0.532. The summed E-state index contributed by atoms with van der Waals surface area (Å²) in [5.41, 5.74) is 3.34. The maximum Gasteiger partial charge on any atom is 0.337 e. The van der Waals surface area contributed by atoms with Crippen molar-refractivity contribution >= 4 is 17.6 Å². The van der Waals surface area contributed by atoms with Crippen LogP contribution >= 0.6 is 0 Å². The fraction of sp³-hybridized carbons (Fsp3) is 0.364. The third-order valence-electron chi connectivity index (χ3n) is 4.32. The van der Waals surface area contributed by atoms with Crippen LogP contribution in [-0.4, -0.2) is 44.5 Å². The van der Waals surface area contributed by atoms with Gasteiger partial charge in [0.25, 0.3) is 0 Å². The van der Waals surface area contributed by atoms with E-state index in [-0.39, 0.29) is 11.9 Å². The SMILES string of the molecule is COC(=O)c1ccc(-c2ccc(NC(=O)CCCCCN(C)C)cc2)cc1. The summed E-state index contributed by atoms with van der Waals surface area (Å²) in [6, 6.07) is 15.0. The van der Waals surface area contributed by atoms with E-state index in [9.17, 15) is 9.59 Å². The number of carbonyl (C=O) groups excluding carboxylic acids is 2. The number of carbonyl (C=O) groups is 2. The number of methoxy groups -OCH3 is 1. The van der Waals surface area contributed by atoms with Gasteiger partial charge in [0, 0.05) is 12.1 Å². The number of nitrogens with one attached hydrogen (secondary N) is 1. The van der Waals surface area contributed by atoms with Gasteiger partial charge in [0.15, 0.2) is 0 Å². The van der Waals surface area contributed by atoms with Crippen molar-refractivity contribution in [1.82, 2.24) is 4.90 Å². The number of benzene rings is 2. The lowest BCUT2D eigenvalue weighted by Crippen LogP contribution is -2.13. The smallest absolute Gasteiger partial charge is 0.337 e. The summed E-state index contributed by atoms with van der Waals surface area (Å²) in [5, 5.41) is 2.94. The Bertz CT molecular complexity index is 737. The van der Waals surface area contributed by atoms with E-state index >= 15 is 0 Å². The molecule has 0 saturated heterocycles. The second-order valence-electron chi connectivity index (χ2n) is 6.81. The van der Waals surface area contributed by atoms with Crippen molar-refractivity contribution in [1.29, 1.82) is 0 Å². The number of ether oxygens (including phenoxy) is 1. The number of anilines is 1. The minimum Gasteiger partial charge on any atom is -0.465 e. The van der Waals surface area contributed by atoms with Crippen molar-refractivity contribution in [3.05, 3.63) is 54.1 Å². The van der Waals surface area contributed by atoms with Gasteiger partial charge in [0.2, 0.25) is 5.91 Å². The molecular formula is C22H28N2O3. The molecule has 0 spiro atoms. The highest BCUT2D eigenvalue weighted by Gasteiger charge is 2.06. The molecule has 1 N–H and O–H groups in total. The Labute approximate surface area is 161 Å². The monoisotopic (exact) mass is 368 g/mol. The van der Waals surface area contributed by atoms with Crippen LogP contribution in [0.2, 0.25) is 0 Å². The van der Waals surface area contributed by atoms with Crippen LogP contribution in [0.3, 0.4) is 0 Å². The van der Waals surface area contributed by atoms with Gasteiger partial charge in [-0.3, -0.25) is 4.79 Å². The molecule has 0 saturated carbocycles. The first-order valence-electron chi connectivity index (χ1n) is 9.23. The molecule has 27 heavy (non-hydrogen) atoms. The standard InChI is InChI=1S/C22H28N2O3/c1-24(2)16-6-4-5-7-21(25)23-20-14-12-18(13-15-20)17-8-10-19(11-9-17)22(26)27-3/h8-15H,4-7,16H2,1-3H3,(H,23,25). The molecule has 1 amide bonds. The first-order chi connectivity index (χ1) is 13.0. The number of unbranched alkanes of at least 4 members (excludes halogenated alkanes) is 2. The van der Waals surface area contributed by atoms with Gasteiger partial charge in [-0.15, -0.1) is 0 Å². The summed E-state index contributed by atoms with van der Waals surface area (Å²) in [5.74, 6) is -0.295. The van der Waals surface area contributed by atoms with E-state index in [0.29, 0.717) is 12.0 Å². The summed E-state index contributed by atoms with van der Waals surface area (Å²) in [4.78, 5) is 25.7. The van der Waals surface area contributed by atoms with Gasteiger partial charge in [0.1, 0.15) is 0 Å². The zero-order valence-corrected chi connectivity index (χ0v) is 16.3. The van der Waals surface area contributed by atoms with Gasteiger partial charge < -0.3 is 15.0 Å².